The molecule has 0 spiro atoms. The largest absolute Gasteiger partial charge is 0.375 e. The number of likely N-dealkylation sites (tertiary alicyclic amines) is 1. The maximum absolute atomic E-state index is 12.1. The Bertz CT molecular complexity index is 667. The van der Waals surface area contributed by atoms with Gasteiger partial charge in [-0.2, -0.15) is 5.10 Å². The number of aryl methyl sites for hydroxylation is 1. The van der Waals surface area contributed by atoms with Crippen molar-refractivity contribution in [2.24, 2.45) is 0 Å². The number of nitrogens with one attached hydrogen (secondary N) is 1. The van der Waals surface area contributed by atoms with E-state index in [-0.39, 0.29) is 5.91 Å². The van der Waals surface area contributed by atoms with Gasteiger partial charge in [-0.25, -0.2) is 0 Å². The van der Waals surface area contributed by atoms with Gasteiger partial charge >= 0.3 is 0 Å². The van der Waals surface area contributed by atoms with Gasteiger partial charge in [0.2, 0.25) is 0 Å². The van der Waals surface area contributed by atoms with Crippen LogP contribution in [0, 0.1) is 6.92 Å². The van der Waals surface area contributed by atoms with Crippen LogP contribution >= 0.6 is 0 Å². The highest BCUT2D eigenvalue weighted by Crippen LogP contribution is 2.33. The van der Waals surface area contributed by atoms with E-state index in [0.29, 0.717) is 24.2 Å². The van der Waals surface area contributed by atoms with Gasteiger partial charge in [-0.1, -0.05) is 0 Å². The van der Waals surface area contributed by atoms with E-state index >= 15 is 0 Å². The molecule has 2 aromatic rings. The lowest BCUT2D eigenvalue weighted by Crippen LogP contribution is -2.36. The first-order valence-corrected chi connectivity index (χ1v) is 6.47. The first kappa shape index (κ1) is 12.8. The number of H-pyrrole nitrogens is 1. The highest BCUT2D eigenvalue weighted by atomic mass is 16.3. The lowest BCUT2D eigenvalue weighted by atomic mass is 9.92. The number of aliphatic hydroxyl groups is 1. The molecule has 0 aromatic carbocycles. The molecule has 20 heavy (non-hydrogen) atoms. The lowest BCUT2D eigenvalue weighted by molar-refractivity contribution is -0.143. The van der Waals surface area contributed by atoms with Crippen LogP contribution in [-0.4, -0.2) is 44.7 Å². The second-order valence-electron chi connectivity index (χ2n) is 5.18. The fraction of sp³-hybridized carbons (Fsp3) is 0.357. The minimum Gasteiger partial charge on any atom is -0.375 e. The van der Waals surface area contributed by atoms with Gasteiger partial charge in [-0.05, 0) is 30.2 Å². The number of carbonyl (C=O) groups excluding carboxylic acids is 1. The molecule has 1 saturated heterocycles. The third-order valence-corrected chi connectivity index (χ3v) is 3.82. The Kier molecular flexibility index (Phi) is 2.83. The van der Waals surface area contributed by atoms with Crippen LogP contribution in [0.25, 0.3) is 11.4 Å². The molecule has 2 N–H and O–H groups in total. The first-order valence-electron chi connectivity index (χ1n) is 6.47. The standard InChI is InChI=1S/C14H16N4O2/c1-9-8-16-17-12(9)11-7-10(3-5-15-11)14(20)4-6-18(2)13(14)19/h3,5,7-8,20H,4,6H2,1-2H3,(H,16,17). The average Bonchev–Trinajstić information content (AvgIpc) is 2.99. The molecule has 0 saturated carbocycles. The normalized spacial score (nSPS) is 22.6. The van der Waals surface area contributed by atoms with Crippen molar-refractivity contribution >= 4 is 5.91 Å². The SMILES string of the molecule is Cc1c[nH]nc1-c1cc(C2(O)CCN(C)C2=O)ccn1. The quantitative estimate of drug-likeness (QED) is 0.848. The molecule has 1 aliphatic rings. The van der Waals surface area contributed by atoms with Crippen LogP contribution in [0.15, 0.2) is 24.5 Å². The van der Waals surface area contributed by atoms with Gasteiger partial charge in [-0.15, -0.1) is 0 Å². The number of likely N-dealkylation sites (N-methyl/N-ethyl adjacent to an activating group) is 1. The zero-order valence-electron chi connectivity index (χ0n) is 11.4. The van der Waals surface area contributed by atoms with Crippen LogP contribution in [0.3, 0.4) is 0 Å². The van der Waals surface area contributed by atoms with Gasteiger partial charge in [-0.3, -0.25) is 14.9 Å². The van der Waals surface area contributed by atoms with Crippen LogP contribution in [0.2, 0.25) is 0 Å². The van der Waals surface area contributed by atoms with Crippen LogP contribution in [0.1, 0.15) is 17.5 Å². The Morgan fingerprint density at radius 3 is 2.90 bits per heavy atom. The van der Waals surface area contributed by atoms with Gasteiger partial charge in [0.25, 0.3) is 5.91 Å². The summed E-state index contributed by atoms with van der Waals surface area (Å²) in [6.45, 7) is 2.48. The van der Waals surface area contributed by atoms with Crippen molar-refractivity contribution in [1.82, 2.24) is 20.1 Å². The van der Waals surface area contributed by atoms with Crippen molar-refractivity contribution < 1.29 is 9.90 Å². The van der Waals surface area contributed by atoms with Crippen molar-refractivity contribution in [3.63, 3.8) is 0 Å². The second-order valence-corrected chi connectivity index (χ2v) is 5.18. The molecule has 1 unspecified atom stereocenters. The summed E-state index contributed by atoms with van der Waals surface area (Å²) in [5.74, 6) is -0.270. The number of hydrogen-bond donors (Lipinski definition) is 2. The van der Waals surface area contributed by atoms with Gasteiger partial charge in [0.05, 0.1) is 5.69 Å². The van der Waals surface area contributed by atoms with Crippen molar-refractivity contribution in [3.8, 4) is 11.4 Å². The summed E-state index contributed by atoms with van der Waals surface area (Å²) in [6.07, 6.45) is 3.78. The van der Waals surface area contributed by atoms with Crippen molar-refractivity contribution in [2.75, 3.05) is 13.6 Å². The number of hydrogen-bond acceptors (Lipinski definition) is 4. The highest BCUT2D eigenvalue weighted by molar-refractivity contribution is 5.88. The fourth-order valence-corrected chi connectivity index (χ4v) is 2.55. The molecule has 3 rings (SSSR count). The zero-order chi connectivity index (χ0) is 14.3. The Labute approximate surface area is 116 Å². The van der Waals surface area contributed by atoms with E-state index in [2.05, 4.69) is 15.2 Å². The third-order valence-electron chi connectivity index (χ3n) is 3.82. The maximum atomic E-state index is 12.1. The summed E-state index contributed by atoms with van der Waals surface area (Å²) < 4.78 is 0. The molecule has 6 heteroatoms. The number of nitrogens with zero attached hydrogens (tertiary/aromatic N) is 3. The summed E-state index contributed by atoms with van der Waals surface area (Å²) in [4.78, 5) is 17.9. The van der Waals surface area contributed by atoms with E-state index < -0.39 is 5.60 Å². The molecule has 6 nitrogen and oxygen atoms in total. The number of rotatable bonds is 2. The van der Waals surface area contributed by atoms with Crippen LogP contribution in [0.4, 0.5) is 0 Å². The van der Waals surface area contributed by atoms with Crippen LogP contribution < -0.4 is 0 Å². The predicted octanol–water partition coefficient (Wildman–Crippen LogP) is 0.830. The predicted molar refractivity (Wildman–Crippen MR) is 72.7 cm³/mol. The zero-order valence-corrected chi connectivity index (χ0v) is 11.4. The highest BCUT2D eigenvalue weighted by Gasteiger charge is 2.45. The number of carbonyl (C=O) groups is 1. The molecule has 0 bridgehead atoms. The summed E-state index contributed by atoms with van der Waals surface area (Å²) in [7, 11) is 1.69. The van der Waals surface area contributed by atoms with Gasteiger partial charge in [0, 0.05) is 32.4 Å². The number of pyridine rings is 1. The topological polar surface area (TPSA) is 82.1 Å². The molecule has 0 aliphatic carbocycles. The average molecular weight is 272 g/mol. The van der Waals surface area contributed by atoms with Crippen molar-refractivity contribution in [1.29, 1.82) is 0 Å². The molecular weight excluding hydrogens is 256 g/mol. The van der Waals surface area contributed by atoms with Gasteiger partial charge in [0.15, 0.2) is 5.60 Å². The van der Waals surface area contributed by atoms with Gasteiger partial charge < -0.3 is 10.0 Å². The molecule has 1 atom stereocenters. The molecular formula is C14H16N4O2. The Morgan fingerprint density at radius 1 is 1.50 bits per heavy atom. The molecule has 3 heterocycles. The van der Waals surface area contributed by atoms with E-state index in [1.165, 1.54) is 0 Å². The fourth-order valence-electron chi connectivity index (χ4n) is 2.55. The Morgan fingerprint density at radius 2 is 2.30 bits per heavy atom. The molecule has 1 amide bonds. The first-order chi connectivity index (χ1) is 9.52. The minimum absolute atomic E-state index is 0.270. The smallest absolute Gasteiger partial charge is 0.258 e. The summed E-state index contributed by atoms with van der Waals surface area (Å²) in [5.41, 5.74) is 1.47. The van der Waals surface area contributed by atoms with E-state index in [1.807, 2.05) is 6.92 Å². The Hall–Kier alpha value is -2.21. The minimum atomic E-state index is -1.45. The van der Waals surface area contributed by atoms with Crippen molar-refractivity contribution in [2.45, 2.75) is 18.9 Å². The Balaban J connectivity index is 2.05. The van der Waals surface area contributed by atoms with Crippen LogP contribution in [-0.2, 0) is 10.4 Å². The van der Waals surface area contributed by atoms with E-state index in [0.717, 1.165) is 11.3 Å². The monoisotopic (exact) mass is 272 g/mol. The molecule has 1 aliphatic heterocycles. The van der Waals surface area contributed by atoms with E-state index in [1.54, 1.807) is 36.5 Å². The molecule has 2 aromatic heterocycles. The second kappa shape index (κ2) is 4.42. The number of aromatic nitrogens is 3. The maximum Gasteiger partial charge on any atom is 0.258 e. The summed E-state index contributed by atoms with van der Waals surface area (Å²) >= 11 is 0. The van der Waals surface area contributed by atoms with Gasteiger partial charge in [0.1, 0.15) is 5.69 Å². The van der Waals surface area contributed by atoms with E-state index in [4.69, 9.17) is 0 Å². The summed E-state index contributed by atoms with van der Waals surface area (Å²) in [6, 6.07) is 3.42. The molecule has 0 radical (unpaired) electrons. The number of aromatic amines is 1. The molecule has 104 valence electrons. The number of amides is 1. The van der Waals surface area contributed by atoms with E-state index in [9.17, 15) is 9.90 Å². The van der Waals surface area contributed by atoms with Crippen LogP contribution in [0.5, 0.6) is 0 Å². The summed E-state index contributed by atoms with van der Waals surface area (Å²) in [5, 5.41) is 17.6. The lowest BCUT2D eigenvalue weighted by Gasteiger charge is -2.21. The molecule has 1 fully saturated rings. The third kappa shape index (κ3) is 1.80. The van der Waals surface area contributed by atoms with Crippen molar-refractivity contribution in [3.05, 3.63) is 35.7 Å².